The Morgan fingerprint density at radius 2 is 2.42 bits per heavy atom. The van der Waals surface area contributed by atoms with E-state index in [0.717, 1.165) is 13.0 Å². The van der Waals surface area contributed by atoms with E-state index in [4.69, 9.17) is 5.11 Å². The number of nitrogens with one attached hydrogen (secondary N) is 1. The van der Waals surface area contributed by atoms with Crippen LogP contribution in [0.5, 0.6) is 0 Å². The number of hydrogen-bond acceptors (Lipinski definition) is 3. The molecule has 0 amide bonds. The van der Waals surface area contributed by atoms with Crippen LogP contribution >= 0.6 is 8.46 Å². The topological polar surface area (TPSA) is 66.4 Å². The van der Waals surface area contributed by atoms with Gasteiger partial charge in [0.05, 0.1) is 0 Å². The molecule has 1 unspecified atom stereocenters. The molecule has 0 spiro atoms. The Balaban J connectivity index is 2.39. The summed E-state index contributed by atoms with van der Waals surface area (Å²) in [5.41, 5.74) is 0. The second kappa shape index (κ2) is 4.53. The van der Waals surface area contributed by atoms with E-state index in [1.165, 1.54) is 0 Å². The van der Waals surface area contributed by atoms with Crippen molar-refractivity contribution in [3.63, 3.8) is 0 Å². The summed E-state index contributed by atoms with van der Waals surface area (Å²) in [5, 5.41) is 11.6. The van der Waals surface area contributed by atoms with Gasteiger partial charge in [0.25, 0.3) is 0 Å². The van der Waals surface area contributed by atoms with Gasteiger partial charge >= 0.3 is 5.97 Å². The lowest BCUT2D eigenvalue weighted by Crippen LogP contribution is -2.43. The van der Waals surface area contributed by atoms with Crippen LogP contribution in [0.2, 0.25) is 0 Å². The van der Waals surface area contributed by atoms with Crippen LogP contribution in [-0.4, -0.2) is 29.8 Å². The van der Waals surface area contributed by atoms with Gasteiger partial charge in [0.15, 0.2) is 8.46 Å². The number of carbonyl (C=O) groups is 1. The Bertz CT molecular complexity index is 185. The molecule has 68 valence electrons. The van der Waals surface area contributed by atoms with Crippen LogP contribution in [0.3, 0.4) is 0 Å². The third kappa shape index (κ3) is 2.54. The standard InChI is InChI=1S/C7H12NO3P/c9-7(10)6-3-5(4-12-11)1-2-8-6/h5-6,8H,1-4H2,(H,9,10)/t5-,6?/m0/s1. The second-order valence-corrected chi connectivity index (χ2v) is 3.67. The predicted octanol–water partition coefficient (Wildman–Crippen LogP) is 0.731. The van der Waals surface area contributed by atoms with Crippen molar-refractivity contribution < 1.29 is 14.5 Å². The number of carboxylic acid groups (broad SMARTS) is 1. The SMILES string of the molecule is O=PC[C@H]1CCNC(C(=O)O)C1. The van der Waals surface area contributed by atoms with Crippen molar-refractivity contribution >= 4 is 14.4 Å². The molecule has 0 saturated carbocycles. The molecule has 0 aromatic heterocycles. The summed E-state index contributed by atoms with van der Waals surface area (Å²) in [5.74, 6) is -0.506. The lowest BCUT2D eigenvalue weighted by molar-refractivity contribution is -0.140. The smallest absolute Gasteiger partial charge is 0.320 e. The zero-order valence-corrected chi connectivity index (χ0v) is 7.59. The summed E-state index contributed by atoms with van der Waals surface area (Å²) < 4.78 is 10.3. The van der Waals surface area contributed by atoms with Gasteiger partial charge in [-0.2, -0.15) is 0 Å². The highest BCUT2D eigenvalue weighted by Gasteiger charge is 2.25. The maximum Gasteiger partial charge on any atom is 0.320 e. The molecule has 4 nitrogen and oxygen atoms in total. The van der Waals surface area contributed by atoms with E-state index >= 15 is 0 Å². The molecule has 2 atom stereocenters. The van der Waals surface area contributed by atoms with E-state index in [1.54, 1.807) is 0 Å². The quantitative estimate of drug-likeness (QED) is 0.642. The number of aliphatic carboxylic acids is 1. The second-order valence-electron chi connectivity index (χ2n) is 3.05. The summed E-state index contributed by atoms with van der Waals surface area (Å²) in [6, 6.07) is -0.439. The molecule has 1 saturated heterocycles. The number of rotatable bonds is 3. The van der Waals surface area contributed by atoms with Crippen LogP contribution in [-0.2, 0) is 9.36 Å². The van der Waals surface area contributed by atoms with Gasteiger partial charge < -0.3 is 10.4 Å². The summed E-state index contributed by atoms with van der Waals surface area (Å²) in [4.78, 5) is 10.6. The third-order valence-electron chi connectivity index (χ3n) is 2.14. The number of hydrogen-bond donors (Lipinski definition) is 2. The van der Waals surface area contributed by atoms with Crippen molar-refractivity contribution in [3.8, 4) is 0 Å². The average Bonchev–Trinajstić information content (AvgIpc) is 2.05. The van der Waals surface area contributed by atoms with Crippen molar-refractivity contribution in [3.05, 3.63) is 0 Å². The molecule has 1 heterocycles. The lowest BCUT2D eigenvalue weighted by Gasteiger charge is -2.25. The number of piperidine rings is 1. The Morgan fingerprint density at radius 1 is 1.67 bits per heavy atom. The zero-order chi connectivity index (χ0) is 8.97. The van der Waals surface area contributed by atoms with Crippen LogP contribution < -0.4 is 5.32 Å². The maximum absolute atomic E-state index is 10.6. The maximum atomic E-state index is 10.6. The van der Waals surface area contributed by atoms with Crippen molar-refractivity contribution in [1.29, 1.82) is 0 Å². The van der Waals surface area contributed by atoms with Crippen LogP contribution in [0.25, 0.3) is 0 Å². The van der Waals surface area contributed by atoms with Gasteiger partial charge in [-0.3, -0.25) is 9.36 Å². The van der Waals surface area contributed by atoms with E-state index < -0.39 is 12.0 Å². The zero-order valence-electron chi connectivity index (χ0n) is 6.69. The monoisotopic (exact) mass is 189 g/mol. The molecule has 0 aromatic rings. The Kier molecular flexibility index (Phi) is 3.63. The van der Waals surface area contributed by atoms with Crippen molar-refractivity contribution in [2.45, 2.75) is 18.9 Å². The van der Waals surface area contributed by atoms with Crippen molar-refractivity contribution in [2.75, 3.05) is 12.7 Å². The molecule has 12 heavy (non-hydrogen) atoms. The first-order valence-corrected chi connectivity index (χ1v) is 4.99. The van der Waals surface area contributed by atoms with Gasteiger partial charge in [0.2, 0.25) is 0 Å². The molecule has 1 aliphatic heterocycles. The molecule has 1 fully saturated rings. The van der Waals surface area contributed by atoms with Crippen LogP contribution in [0, 0.1) is 5.92 Å². The molecule has 0 aromatic carbocycles. The van der Waals surface area contributed by atoms with Gasteiger partial charge in [0.1, 0.15) is 6.04 Å². The summed E-state index contributed by atoms with van der Waals surface area (Å²) in [7, 11) is 0.126. The molecular formula is C7H12NO3P. The van der Waals surface area contributed by atoms with E-state index in [1.807, 2.05) is 0 Å². The Hall–Kier alpha value is -0.470. The Labute approximate surface area is 72.5 Å². The van der Waals surface area contributed by atoms with Crippen LogP contribution in [0.4, 0.5) is 0 Å². The largest absolute Gasteiger partial charge is 0.480 e. The number of carboxylic acids is 1. The minimum atomic E-state index is -0.803. The van der Waals surface area contributed by atoms with E-state index in [2.05, 4.69) is 5.32 Å². The summed E-state index contributed by atoms with van der Waals surface area (Å²) >= 11 is 0. The molecule has 1 aliphatic rings. The minimum Gasteiger partial charge on any atom is -0.480 e. The van der Waals surface area contributed by atoms with Crippen LogP contribution in [0.15, 0.2) is 0 Å². The summed E-state index contributed by atoms with van der Waals surface area (Å²) in [6.07, 6.45) is 2.12. The van der Waals surface area contributed by atoms with Crippen molar-refractivity contribution in [1.82, 2.24) is 5.32 Å². The van der Waals surface area contributed by atoms with Gasteiger partial charge in [-0.15, -0.1) is 0 Å². The predicted molar refractivity (Wildman–Crippen MR) is 44.6 cm³/mol. The highest BCUT2D eigenvalue weighted by Crippen LogP contribution is 2.19. The van der Waals surface area contributed by atoms with Gasteiger partial charge in [0, 0.05) is 6.16 Å². The molecule has 0 bridgehead atoms. The van der Waals surface area contributed by atoms with Gasteiger partial charge in [-0.05, 0) is 25.3 Å². The lowest BCUT2D eigenvalue weighted by atomic mass is 9.94. The van der Waals surface area contributed by atoms with E-state index in [9.17, 15) is 9.36 Å². The molecule has 0 radical (unpaired) electrons. The first-order chi connectivity index (χ1) is 5.74. The van der Waals surface area contributed by atoms with E-state index in [0.29, 0.717) is 18.5 Å². The fourth-order valence-corrected chi connectivity index (χ4v) is 2.00. The van der Waals surface area contributed by atoms with Gasteiger partial charge in [-0.1, -0.05) is 0 Å². The van der Waals surface area contributed by atoms with Crippen LogP contribution in [0.1, 0.15) is 12.8 Å². The highest BCUT2D eigenvalue weighted by atomic mass is 31.1. The molecule has 0 aliphatic carbocycles. The minimum absolute atomic E-state index is 0.126. The fourth-order valence-electron chi connectivity index (χ4n) is 1.46. The molecule has 1 rings (SSSR count). The summed E-state index contributed by atoms with van der Waals surface area (Å²) in [6.45, 7) is 0.719. The third-order valence-corrected chi connectivity index (χ3v) is 2.81. The van der Waals surface area contributed by atoms with Crippen molar-refractivity contribution in [2.24, 2.45) is 5.92 Å². The van der Waals surface area contributed by atoms with Gasteiger partial charge in [-0.25, -0.2) is 0 Å². The average molecular weight is 189 g/mol. The first-order valence-electron chi connectivity index (χ1n) is 3.99. The molecule has 5 heteroatoms. The fraction of sp³-hybridized carbons (Fsp3) is 0.857. The molecular weight excluding hydrogens is 177 g/mol. The highest BCUT2D eigenvalue weighted by molar-refractivity contribution is 7.23. The molecule has 2 N–H and O–H groups in total. The first kappa shape index (κ1) is 9.62. The Morgan fingerprint density at radius 3 is 3.00 bits per heavy atom. The van der Waals surface area contributed by atoms with E-state index in [-0.39, 0.29) is 8.46 Å². The normalized spacial score (nSPS) is 30.3.